The highest BCUT2D eigenvalue weighted by atomic mass is 32.2. The highest BCUT2D eigenvalue weighted by Gasteiger charge is 2.22. The largest absolute Gasteiger partial charge is 0.454 e. The zero-order valence-corrected chi connectivity index (χ0v) is 14.9. The molecule has 0 aromatic heterocycles. The van der Waals surface area contributed by atoms with Crippen molar-refractivity contribution in [3.05, 3.63) is 66.2 Å². The van der Waals surface area contributed by atoms with Crippen molar-refractivity contribution in [3.8, 4) is 33.8 Å². The van der Waals surface area contributed by atoms with E-state index in [1.807, 2.05) is 43.3 Å². The van der Waals surface area contributed by atoms with Crippen molar-refractivity contribution >= 4 is 10.0 Å². The van der Waals surface area contributed by atoms with Gasteiger partial charge in [-0.3, -0.25) is 0 Å². The van der Waals surface area contributed by atoms with Crippen molar-refractivity contribution in [1.29, 1.82) is 0 Å². The van der Waals surface area contributed by atoms with Gasteiger partial charge in [-0.15, -0.1) is 0 Å². The summed E-state index contributed by atoms with van der Waals surface area (Å²) in [4.78, 5) is 0.0766. The molecule has 0 saturated heterocycles. The van der Waals surface area contributed by atoms with Crippen molar-refractivity contribution in [3.63, 3.8) is 0 Å². The third-order valence-corrected chi connectivity index (χ3v) is 5.29. The molecule has 1 aliphatic rings. The molecule has 6 heteroatoms. The van der Waals surface area contributed by atoms with Crippen LogP contribution in [0, 0.1) is 6.92 Å². The summed E-state index contributed by atoms with van der Waals surface area (Å²) in [6.45, 7) is 2.15. The fourth-order valence-corrected chi connectivity index (χ4v) is 3.91. The van der Waals surface area contributed by atoms with Crippen LogP contribution in [0.2, 0.25) is 0 Å². The summed E-state index contributed by atoms with van der Waals surface area (Å²) >= 11 is 0. The summed E-state index contributed by atoms with van der Waals surface area (Å²) in [5.74, 6) is 1.22. The van der Waals surface area contributed by atoms with E-state index >= 15 is 0 Å². The predicted octanol–water partition coefficient (Wildman–Crippen LogP) is 3.71. The molecule has 0 saturated carbocycles. The Balaban J connectivity index is 2.04. The van der Waals surface area contributed by atoms with Crippen LogP contribution in [-0.2, 0) is 10.0 Å². The normalized spacial score (nSPS) is 13.0. The highest BCUT2D eigenvalue weighted by molar-refractivity contribution is 7.89. The van der Waals surface area contributed by atoms with Crippen molar-refractivity contribution in [1.82, 2.24) is 0 Å². The Labute approximate surface area is 152 Å². The molecule has 0 bridgehead atoms. The topological polar surface area (TPSA) is 78.6 Å². The van der Waals surface area contributed by atoms with Crippen molar-refractivity contribution in [2.24, 2.45) is 5.14 Å². The van der Waals surface area contributed by atoms with Gasteiger partial charge >= 0.3 is 0 Å². The van der Waals surface area contributed by atoms with E-state index < -0.39 is 10.0 Å². The first-order valence-electron chi connectivity index (χ1n) is 8.06. The van der Waals surface area contributed by atoms with Crippen LogP contribution in [0.4, 0.5) is 0 Å². The van der Waals surface area contributed by atoms with Gasteiger partial charge in [0.1, 0.15) is 0 Å². The van der Waals surface area contributed by atoms with Crippen LogP contribution in [0.15, 0.2) is 65.6 Å². The van der Waals surface area contributed by atoms with E-state index in [1.54, 1.807) is 18.2 Å². The van der Waals surface area contributed by atoms with Crippen LogP contribution >= 0.6 is 0 Å². The number of benzene rings is 3. The Hall–Kier alpha value is -2.83. The molecule has 0 fully saturated rings. The summed E-state index contributed by atoms with van der Waals surface area (Å²) in [6, 6.07) is 18.4. The molecule has 0 amide bonds. The highest BCUT2D eigenvalue weighted by Crippen LogP contribution is 2.44. The summed E-state index contributed by atoms with van der Waals surface area (Å²) in [6.07, 6.45) is 0. The van der Waals surface area contributed by atoms with E-state index in [4.69, 9.17) is 14.6 Å². The Bertz CT molecular complexity index is 1110. The molecule has 5 nitrogen and oxygen atoms in total. The molecular formula is C20H17NO4S. The molecule has 4 rings (SSSR count). The van der Waals surface area contributed by atoms with Crippen molar-refractivity contribution < 1.29 is 17.9 Å². The molecule has 26 heavy (non-hydrogen) atoms. The lowest BCUT2D eigenvalue weighted by atomic mass is 9.93. The number of ether oxygens (including phenoxy) is 2. The molecule has 3 aromatic rings. The van der Waals surface area contributed by atoms with Gasteiger partial charge in [0, 0.05) is 5.56 Å². The molecule has 2 N–H and O–H groups in total. The Kier molecular flexibility index (Phi) is 3.94. The maximum absolute atomic E-state index is 12.1. The van der Waals surface area contributed by atoms with E-state index in [0.717, 1.165) is 22.3 Å². The average Bonchev–Trinajstić information content (AvgIpc) is 3.07. The van der Waals surface area contributed by atoms with Gasteiger partial charge in [-0.05, 0) is 41.8 Å². The first kappa shape index (κ1) is 16.6. The van der Waals surface area contributed by atoms with Crippen LogP contribution in [0.5, 0.6) is 11.5 Å². The summed E-state index contributed by atoms with van der Waals surface area (Å²) < 4.78 is 35.2. The van der Waals surface area contributed by atoms with Gasteiger partial charge < -0.3 is 9.47 Å². The first-order chi connectivity index (χ1) is 12.4. The predicted molar refractivity (Wildman–Crippen MR) is 99.5 cm³/mol. The van der Waals surface area contributed by atoms with Crippen molar-refractivity contribution in [2.45, 2.75) is 11.8 Å². The standard InChI is InChI=1S/C20H17NO4S/c1-13-5-4-6-14(9-13)16-10-18-19(25-12-24-18)11-17(16)15-7-2-3-8-20(15)26(21,22)23/h2-11H,12H2,1H3,(H2,21,22,23). The smallest absolute Gasteiger partial charge is 0.238 e. The van der Waals surface area contributed by atoms with Crippen LogP contribution in [0.25, 0.3) is 22.3 Å². The lowest BCUT2D eigenvalue weighted by Crippen LogP contribution is -2.13. The number of fused-ring (bicyclic) bond motifs is 1. The molecule has 0 spiro atoms. The second-order valence-corrected chi connectivity index (χ2v) is 7.69. The maximum Gasteiger partial charge on any atom is 0.238 e. The van der Waals surface area contributed by atoms with Gasteiger partial charge in [0.05, 0.1) is 4.90 Å². The van der Waals surface area contributed by atoms with Gasteiger partial charge in [0.15, 0.2) is 11.5 Å². The quantitative estimate of drug-likeness (QED) is 0.765. The van der Waals surface area contributed by atoms with Gasteiger partial charge in [0.25, 0.3) is 0 Å². The molecule has 1 heterocycles. The molecule has 0 atom stereocenters. The minimum atomic E-state index is -3.87. The van der Waals surface area contributed by atoms with E-state index in [0.29, 0.717) is 17.1 Å². The number of hydrogen-bond donors (Lipinski definition) is 1. The third kappa shape index (κ3) is 2.94. The SMILES string of the molecule is Cc1cccc(-c2cc3c(cc2-c2ccccc2S(N)(=O)=O)OCO3)c1. The summed E-state index contributed by atoms with van der Waals surface area (Å²) in [5.41, 5.74) is 4.18. The van der Waals surface area contributed by atoms with Gasteiger partial charge in [-0.25, -0.2) is 13.6 Å². The fraction of sp³-hybridized carbons (Fsp3) is 0.100. The second-order valence-electron chi connectivity index (χ2n) is 6.16. The zero-order chi connectivity index (χ0) is 18.3. The molecule has 0 aliphatic carbocycles. The summed E-state index contributed by atoms with van der Waals surface area (Å²) in [7, 11) is -3.87. The van der Waals surface area contributed by atoms with E-state index in [1.165, 1.54) is 6.07 Å². The Morgan fingerprint density at radius 1 is 0.846 bits per heavy atom. The van der Waals surface area contributed by atoms with E-state index in [-0.39, 0.29) is 11.7 Å². The van der Waals surface area contributed by atoms with E-state index in [2.05, 4.69) is 0 Å². The second kappa shape index (κ2) is 6.16. The minimum Gasteiger partial charge on any atom is -0.454 e. The molecule has 0 radical (unpaired) electrons. The lowest BCUT2D eigenvalue weighted by molar-refractivity contribution is 0.174. The Morgan fingerprint density at radius 2 is 1.54 bits per heavy atom. The lowest BCUT2D eigenvalue weighted by Gasteiger charge is -2.15. The average molecular weight is 367 g/mol. The number of primary sulfonamides is 1. The van der Waals surface area contributed by atoms with Crippen LogP contribution in [-0.4, -0.2) is 15.2 Å². The molecule has 3 aromatic carbocycles. The third-order valence-electron chi connectivity index (χ3n) is 4.33. The molecular weight excluding hydrogens is 350 g/mol. The number of aryl methyl sites for hydroxylation is 1. The molecule has 1 aliphatic heterocycles. The number of sulfonamides is 1. The number of rotatable bonds is 3. The first-order valence-corrected chi connectivity index (χ1v) is 9.61. The van der Waals surface area contributed by atoms with Gasteiger partial charge in [-0.2, -0.15) is 0 Å². The monoisotopic (exact) mass is 367 g/mol. The number of hydrogen-bond acceptors (Lipinski definition) is 4. The molecule has 0 unspecified atom stereocenters. The Morgan fingerprint density at radius 3 is 2.23 bits per heavy atom. The van der Waals surface area contributed by atoms with Gasteiger partial charge in [0.2, 0.25) is 16.8 Å². The number of nitrogens with two attached hydrogens (primary N) is 1. The van der Waals surface area contributed by atoms with Gasteiger partial charge in [-0.1, -0.05) is 48.0 Å². The van der Waals surface area contributed by atoms with Crippen LogP contribution in [0.3, 0.4) is 0 Å². The summed E-state index contributed by atoms with van der Waals surface area (Å²) in [5, 5.41) is 5.44. The molecule has 132 valence electrons. The zero-order valence-electron chi connectivity index (χ0n) is 14.1. The van der Waals surface area contributed by atoms with Crippen molar-refractivity contribution in [2.75, 3.05) is 6.79 Å². The minimum absolute atomic E-state index is 0.0766. The maximum atomic E-state index is 12.1. The van der Waals surface area contributed by atoms with Crippen LogP contribution in [0.1, 0.15) is 5.56 Å². The van der Waals surface area contributed by atoms with Crippen LogP contribution < -0.4 is 14.6 Å². The fourth-order valence-electron chi connectivity index (χ4n) is 3.15. The van der Waals surface area contributed by atoms with E-state index in [9.17, 15) is 8.42 Å².